The summed E-state index contributed by atoms with van der Waals surface area (Å²) in [5, 5.41) is 21.9. The monoisotopic (exact) mass is 239 g/mol. The number of benzene rings is 1. The van der Waals surface area contributed by atoms with Crippen LogP contribution < -0.4 is 5.32 Å². The minimum atomic E-state index is -0.425. The summed E-state index contributed by atoms with van der Waals surface area (Å²) in [7, 11) is 0. The van der Waals surface area contributed by atoms with Crippen LogP contribution in [0.3, 0.4) is 0 Å². The van der Waals surface area contributed by atoms with E-state index in [-0.39, 0.29) is 17.9 Å². The molecule has 0 radical (unpaired) electrons. The summed E-state index contributed by atoms with van der Waals surface area (Å²) in [5.74, 6) is -0.0817. The van der Waals surface area contributed by atoms with Crippen molar-refractivity contribution in [2.24, 2.45) is 5.92 Å². The van der Waals surface area contributed by atoms with Gasteiger partial charge in [-0.05, 0) is 31.7 Å². The first kappa shape index (κ1) is 12.3. The van der Waals surface area contributed by atoms with Crippen LogP contribution in [0, 0.1) is 11.7 Å². The average Bonchev–Trinajstić information content (AvgIpc) is 3.09. The van der Waals surface area contributed by atoms with Crippen molar-refractivity contribution in [3.8, 4) is 5.75 Å². The molecule has 0 amide bonds. The molecule has 1 aliphatic rings. The fraction of sp³-hybridized carbons (Fsp3) is 0.538. The Morgan fingerprint density at radius 2 is 2.18 bits per heavy atom. The number of nitrogens with one attached hydrogen (secondary N) is 1. The molecule has 1 fully saturated rings. The fourth-order valence-electron chi connectivity index (χ4n) is 1.92. The zero-order valence-electron chi connectivity index (χ0n) is 9.86. The standard InChI is InChI=1S/C13H18FNO2/c1-8(15-7-13(17)9-2-3-9)11-5-4-10(16)6-12(11)14/h4-6,8-9,13,15-17H,2-3,7H2,1H3. The van der Waals surface area contributed by atoms with Crippen molar-refractivity contribution in [1.29, 1.82) is 0 Å². The zero-order valence-corrected chi connectivity index (χ0v) is 9.86. The highest BCUT2D eigenvalue weighted by Crippen LogP contribution is 2.32. The Kier molecular flexibility index (Phi) is 3.64. The molecule has 1 saturated carbocycles. The van der Waals surface area contributed by atoms with Gasteiger partial charge in [0, 0.05) is 24.2 Å². The number of hydrogen-bond acceptors (Lipinski definition) is 3. The van der Waals surface area contributed by atoms with Crippen LogP contribution in [0.25, 0.3) is 0 Å². The van der Waals surface area contributed by atoms with Crippen molar-refractivity contribution in [1.82, 2.24) is 5.32 Å². The molecule has 1 aliphatic carbocycles. The third-order valence-corrected chi connectivity index (χ3v) is 3.25. The highest BCUT2D eigenvalue weighted by Gasteiger charge is 2.29. The van der Waals surface area contributed by atoms with Crippen molar-refractivity contribution >= 4 is 0 Å². The minimum Gasteiger partial charge on any atom is -0.508 e. The van der Waals surface area contributed by atoms with E-state index in [1.807, 2.05) is 6.92 Å². The maximum absolute atomic E-state index is 13.5. The van der Waals surface area contributed by atoms with Gasteiger partial charge in [0.2, 0.25) is 0 Å². The van der Waals surface area contributed by atoms with Gasteiger partial charge in [-0.2, -0.15) is 0 Å². The molecule has 2 rings (SSSR count). The predicted octanol–water partition coefficient (Wildman–Crippen LogP) is 1.95. The molecule has 0 aromatic heterocycles. The Balaban J connectivity index is 1.91. The molecular weight excluding hydrogens is 221 g/mol. The fourth-order valence-corrected chi connectivity index (χ4v) is 1.92. The van der Waals surface area contributed by atoms with Crippen LogP contribution in [0.4, 0.5) is 4.39 Å². The van der Waals surface area contributed by atoms with Crippen LogP contribution in [0.2, 0.25) is 0 Å². The van der Waals surface area contributed by atoms with E-state index >= 15 is 0 Å². The molecule has 17 heavy (non-hydrogen) atoms. The number of hydrogen-bond donors (Lipinski definition) is 3. The van der Waals surface area contributed by atoms with Gasteiger partial charge in [0.1, 0.15) is 11.6 Å². The Hall–Kier alpha value is -1.13. The van der Waals surface area contributed by atoms with Crippen molar-refractivity contribution in [3.05, 3.63) is 29.6 Å². The maximum atomic E-state index is 13.5. The molecular formula is C13H18FNO2. The first-order valence-electron chi connectivity index (χ1n) is 5.98. The summed E-state index contributed by atoms with van der Waals surface area (Å²) in [4.78, 5) is 0. The molecule has 3 nitrogen and oxygen atoms in total. The topological polar surface area (TPSA) is 52.5 Å². The van der Waals surface area contributed by atoms with Gasteiger partial charge in [-0.1, -0.05) is 6.07 Å². The average molecular weight is 239 g/mol. The van der Waals surface area contributed by atoms with E-state index in [1.54, 1.807) is 6.07 Å². The molecule has 94 valence electrons. The number of phenolic OH excluding ortho intramolecular Hbond substituents is 1. The van der Waals surface area contributed by atoms with Crippen LogP contribution in [0.5, 0.6) is 5.75 Å². The molecule has 0 spiro atoms. The molecule has 1 aromatic rings. The number of aromatic hydroxyl groups is 1. The van der Waals surface area contributed by atoms with Crippen LogP contribution in [0.1, 0.15) is 31.4 Å². The molecule has 2 atom stereocenters. The van der Waals surface area contributed by atoms with Gasteiger partial charge in [0.25, 0.3) is 0 Å². The predicted molar refractivity (Wildman–Crippen MR) is 63.2 cm³/mol. The molecule has 0 saturated heterocycles. The van der Waals surface area contributed by atoms with Crippen LogP contribution in [-0.2, 0) is 0 Å². The summed E-state index contributed by atoms with van der Waals surface area (Å²) in [6, 6.07) is 3.95. The Labute approximate surface area is 100 Å². The Morgan fingerprint density at radius 3 is 2.76 bits per heavy atom. The van der Waals surface area contributed by atoms with Crippen LogP contribution in [-0.4, -0.2) is 22.9 Å². The van der Waals surface area contributed by atoms with Crippen LogP contribution >= 0.6 is 0 Å². The molecule has 0 aliphatic heterocycles. The number of rotatable bonds is 5. The number of phenols is 1. The van der Waals surface area contributed by atoms with E-state index in [4.69, 9.17) is 5.11 Å². The quantitative estimate of drug-likeness (QED) is 0.736. The molecule has 0 heterocycles. The summed E-state index contributed by atoms with van der Waals surface area (Å²) in [6.07, 6.45) is 1.84. The summed E-state index contributed by atoms with van der Waals surface area (Å²) < 4.78 is 13.5. The van der Waals surface area contributed by atoms with Gasteiger partial charge >= 0.3 is 0 Å². The van der Waals surface area contributed by atoms with E-state index < -0.39 is 5.82 Å². The van der Waals surface area contributed by atoms with Crippen molar-refractivity contribution in [2.75, 3.05) is 6.54 Å². The highest BCUT2D eigenvalue weighted by atomic mass is 19.1. The van der Waals surface area contributed by atoms with Crippen molar-refractivity contribution < 1.29 is 14.6 Å². The van der Waals surface area contributed by atoms with Crippen molar-refractivity contribution in [2.45, 2.75) is 31.9 Å². The van der Waals surface area contributed by atoms with E-state index in [0.29, 0.717) is 18.0 Å². The second-order valence-electron chi connectivity index (χ2n) is 4.74. The largest absolute Gasteiger partial charge is 0.508 e. The first-order chi connectivity index (χ1) is 8.08. The lowest BCUT2D eigenvalue weighted by Crippen LogP contribution is -2.30. The molecule has 4 heteroatoms. The number of halogens is 1. The number of aliphatic hydroxyl groups excluding tert-OH is 1. The molecule has 3 N–H and O–H groups in total. The minimum absolute atomic E-state index is 0.0727. The second-order valence-corrected chi connectivity index (χ2v) is 4.74. The molecule has 2 unspecified atom stereocenters. The van der Waals surface area contributed by atoms with Crippen LogP contribution in [0.15, 0.2) is 18.2 Å². The lowest BCUT2D eigenvalue weighted by Gasteiger charge is -2.17. The third-order valence-electron chi connectivity index (χ3n) is 3.25. The Morgan fingerprint density at radius 1 is 1.47 bits per heavy atom. The second kappa shape index (κ2) is 5.02. The Bertz CT molecular complexity index is 393. The van der Waals surface area contributed by atoms with Gasteiger partial charge < -0.3 is 15.5 Å². The van der Waals surface area contributed by atoms with E-state index in [9.17, 15) is 9.50 Å². The molecule has 1 aromatic carbocycles. The lowest BCUT2D eigenvalue weighted by atomic mass is 10.1. The molecule has 0 bridgehead atoms. The highest BCUT2D eigenvalue weighted by molar-refractivity contribution is 5.29. The summed E-state index contributed by atoms with van der Waals surface area (Å²) in [6.45, 7) is 2.32. The summed E-state index contributed by atoms with van der Waals surface area (Å²) in [5.41, 5.74) is 0.505. The van der Waals surface area contributed by atoms with E-state index in [1.165, 1.54) is 6.07 Å². The number of aliphatic hydroxyl groups is 1. The van der Waals surface area contributed by atoms with E-state index in [0.717, 1.165) is 18.9 Å². The van der Waals surface area contributed by atoms with E-state index in [2.05, 4.69) is 5.32 Å². The first-order valence-corrected chi connectivity index (χ1v) is 5.98. The smallest absolute Gasteiger partial charge is 0.131 e. The maximum Gasteiger partial charge on any atom is 0.131 e. The zero-order chi connectivity index (χ0) is 12.4. The van der Waals surface area contributed by atoms with Gasteiger partial charge in [0.05, 0.1) is 6.10 Å². The normalized spacial score (nSPS) is 19.0. The van der Waals surface area contributed by atoms with Gasteiger partial charge in [-0.25, -0.2) is 4.39 Å². The van der Waals surface area contributed by atoms with Gasteiger partial charge in [-0.3, -0.25) is 0 Å². The third kappa shape index (κ3) is 3.17. The lowest BCUT2D eigenvalue weighted by molar-refractivity contribution is 0.145. The summed E-state index contributed by atoms with van der Waals surface area (Å²) >= 11 is 0. The van der Waals surface area contributed by atoms with Gasteiger partial charge in [-0.15, -0.1) is 0 Å². The SMILES string of the molecule is CC(NCC(O)C1CC1)c1ccc(O)cc1F. The van der Waals surface area contributed by atoms with Gasteiger partial charge in [0.15, 0.2) is 0 Å². The van der Waals surface area contributed by atoms with Crippen molar-refractivity contribution in [3.63, 3.8) is 0 Å².